The molecule has 0 saturated carbocycles. The molecule has 178 valence electrons. The molecule has 8 nitrogen and oxygen atoms in total. The molecule has 0 aromatic heterocycles. The third-order valence-electron chi connectivity index (χ3n) is 5.11. The molecule has 0 bridgehead atoms. The Labute approximate surface area is 202 Å². The number of nitrogens with one attached hydrogen (secondary N) is 1. The van der Waals surface area contributed by atoms with E-state index in [2.05, 4.69) is 10.5 Å². The number of carbonyl (C=O) groups excluding carboxylic acids is 1. The van der Waals surface area contributed by atoms with Crippen LogP contribution in [-0.2, 0) is 11.3 Å². The van der Waals surface area contributed by atoms with E-state index in [9.17, 15) is 20.1 Å². The van der Waals surface area contributed by atoms with Crippen LogP contribution in [-0.4, -0.2) is 34.6 Å². The molecular formula is C25H25ClN2O6. The summed E-state index contributed by atoms with van der Waals surface area (Å²) in [5.41, 5.74) is 5.63. The summed E-state index contributed by atoms with van der Waals surface area (Å²) in [7, 11) is 1.57. The van der Waals surface area contributed by atoms with Gasteiger partial charge in [0.1, 0.15) is 18.1 Å². The number of hydrogen-bond donors (Lipinski definition) is 4. The summed E-state index contributed by atoms with van der Waals surface area (Å²) in [6.45, 7) is 4.15. The molecule has 3 rings (SSSR count). The van der Waals surface area contributed by atoms with E-state index in [0.29, 0.717) is 22.8 Å². The predicted octanol–water partition coefficient (Wildman–Crippen LogP) is 4.84. The highest BCUT2D eigenvalue weighted by Gasteiger charge is 2.13. The Hall–Kier alpha value is -3.91. The fourth-order valence-electron chi connectivity index (χ4n) is 3.25. The maximum atomic E-state index is 12.2. The molecule has 0 aliphatic heterocycles. The van der Waals surface area contributed by atoms with Crippen LogP contribution in [0.3, 0.4) is 0 Å². The molecule has 0 saturated heterocycles. The molecule has 0 radical (unpaired) electrons. The maximum Gasteiger partial charge on any atom is 0.271 e. The van der Waals surface area contributed by atoms with Crippen LogP contribution in [0, 0.1) is 0 Å². The maximum absolute atomic E-state index is 12.2. The Balaban J connectivity index is 1.70. The van der Waals surface area contributed by atoms with Crippen LogP contribution < -0.4 is 10.2 Å². The van der Waals surface area contributed by atoms with E-state index in [1.54, 1.807) is 19.2 Å². The molecule has 0 spiro atoms. The van der Waals surface area contributed by atoms with Crippen molar-refractivity contribution in [2.24, 2.45) is 5.10 Å². The first kappa shape index (κ1) is 24.7. The van der Waals surface area contributed by atoms with Gasteiger partial charge in [-0.2, -0.15) is 5.10 Å². The Kier molecular flexibility index (Phi) is 7.86. The zero-order chi connectivity index (χ0) is 24.8. The number of rotatable bonds is 7. The number of amides is 1. The molecule has 2 aromatic rings. The van der Waals surface area contributed by atoms with E-state index in [0.717, 1.165) is 34.6 Å². The quantitative estimate of drug-likeness (QED) is 0.253. The summed E-state index contributed by atoms with van der Waals surface area (Å²) in [6.07, 6.45) is 5.99. The molecule has 1 amide bonds. The summed E-state index contributed by atoms with van der Waals surface area (Å²) in [6, 6.07) is 7.39. The lowest BCUT2D eigenvalue weighted by Gasteiger charge is -2.13. The van der Waals surface area contributed by atoms with Crippen molar-refractivity contribution >= 4 is 23.7 Å². The number of ether oxygens (including phenoxy) is 2. The second-order valence-electron chi connectivity index (χ2n) is 7.62. The van der Waals surface area contributed by atoms with E-state index < -0.39 is 23.2 Å². The molecule has 4 N–H and O–H groups in total. The second-order valence-corrected chi connectivity index (χ2v) is 8.00. The summed E-state index contributed by atoms with van der Waals surface area (Å²) in [5.74, 6) is -1.19. The van der Waals surface area contributed by atoms with Gasteiger partial charge in [0, 0.05) is 22.6 Å². The van der Waals surface area contributed by atoms with Crippen LogP contribution in [0.15, 0.2) is 69.5 Å². The molecule has 1 aliphatic carbocycles. The van der Waals surface area contributed by atoms with E-state index in [1.165, 1.54) is 6.21 Å². The number of nitrogens with zero attached hydrogens (tertiary/aromatic N) is 1. The highest BCUT2D eigenvalue weighted by molar-refractivity contribution is 6.32. The van der Waals surface area contributed by atoms with Crippen LogP contribution in [0.1, 0.15) is 41.8 Å². The first-order chi connectivity index (χ1) is 16.2. The molecular weight excluding hydrogens is 460 g/mol. The molecule has 9 heteroatoms. The van der Waals surface area contributed by atoms with Gasteiger partial charge in [-0.1, -0.05) is 17.7 Å². The number of benzene rings is 2. The van der Waals surface area contributed by atoms with Gasteiger partial charge in [-0.3, -0.25) is 4.79 Å². The number of phenols is 3. The van der Waals surface area contributed by atoms with Gasteiger partial charge in [0.25, 0.3) is 5.91 Å². The highest BCUT2D eigenvalue weighted by atomic mass is 35.5. The van der Waals surface area contributed by atoms with Gasteiger partial charge in [0.2, 0.25) is 0 Å². The first-order valence-corrected chi connectivity index (χ1v) is 10.7. The number of carbonyl (C=O) groups is 1. The van der Waals surface area contributed by atoms with Gasteiger partial charge in [0.05, 0.1) is 13.3 Å². The lowest BCUT2D eigenvalue weighted by atomic mass is 10.1. The van der Waals surface area contributed by atoms with Gasteiger partial charge in [0.15, 0.2) is 17.2 Å². The van der Waals surface area contributed by atoms with E-state index in [1.807, 2.05) is 32.1 Å². The minimum absolute atomic E-state index is 0.0702. The highest BCUT2D eigenvalue weighted by Crippen LogP contribution is 2.35. The third kappa shape index (κ3) is 5.90. The molecule has 0 atom stereocenters. The summed E-state index contributed by atoms with van der Waals surface area (Å²) in [5, 5.41) is 33.1. The molecule has 2 aromatic carbocycles. The SMILES string of the molecule is COc1ccc(/C=N/NC(=O)c2cc(O)c(O)c(O)c2)cc1COC1=CC(C)=C(Cl)C(C)=CC1. The molecule has 0 fully saturated rings. The number of allylic oxidation sites excluding steroid dienone is 5. The van der Waals surface area contributed by atoms with Crippen LogP contribution in [0.2, 0.25) is 0 Å². The van der Waals surface area contributed by atoms with Crippen molar-refractivity contribution < 1.29 is 29.6 Å². The minimum Gasteiger partial charge on any atom is -0.504 e. The van der Waals surface area contributed by atoms with Crippen molar-refractivity contribution in [1.82, 2.24) is 5.43 Å². The monoisotopic (exact) mass is 484 g/mol. The normalized spacial score (nSPS) is 13.9. The predicted molar refractivity (Wildman–Crippen MR) is 129 cm³/mol. The zero-order valence-corrected chi connectivity index (χ0v) is 19.7. The smallest absolute Gasteiger partial charge is 0.271 e. The van der Waals surface area contributed by atoms with Gasteiger partial charge < -0.3 is 24.8 Å². The molecule has 1 aliphatic rings. The largest absolute Gasteiger partial charge is 0.504 e. The average molecular weight is 485 g/mol. The number of hydrazone groups is 1. The van der Waals surface area contributed by atoms with Crippen molar-refractivity contribution in [2.75, 3.05) is 7.11 Å². The molecule has 0 heterocycles. The van der Waals surface area contributed by atoms with Crippen molar-refractivity contribution in [3.05, 3.63) is 81.1 Å². The fourth-order valence-corrected chi connectivity index (χ4v) is 3.38. The van der Waals surface area contributed by atoms with Gasteiger partial charge in [-0.15, -0.1) is 0 Å². The topological polar surface area (TPSA) is 121 Å². The molecule has 0 unspecified atom stereocenters. The standard InChI is InChI=1S/C25H25ClN2O6/c1-14-4-6-19(8-15(2)23(14)26)34-13-18-9-16(5-7-22(18)33-3)12-27-28-25(32)17-10-20(29)24(31)21(30)11-17/h4-5,7-12,29-31H,6,13H2,1-3H3,(H,28,32)/b27-12+. The third-order valence-corrected chi connectivity index (χ3v) is 5.70. The Morgan fingerprint density at radius 3 is 2.56 bits per heavy atom. The van der Waals surface area contributed by atoms with Crippen molar-refractivity contribution in [3.8, 4) is 23.0 Å². The Bertz CT molecular complexity index is 1210. The Morgan fingerprint density at radius 2 is 1.88 bits per heavy atom. The zero-order valence-electron chi connectivity index (χ0n) is 18.9. The van der Waals surface area contributed by atoms with Crippen molar-refractivity contribution in [2.45, 2.75) is 26.9 Å². The van der Waals surface area contributed by atoms with Crippen LogP contribution in [0.4, 0.5) is 0 Å². The van der Waals surface area contributed by atoms with E-state index in [-0.39, 0.29) is 12.2 Å². The lowest BCUT2D eigenvalue weighted by molar-refractivity contribution is 0.0954. The molecule has 34 heavy (non-hydrogen) atoms. The van der Waals surface area contributed by atoms with Crippen LogP contribution >= 0.6 is 11.6 Å². The van der Waals surface area contributed by atoms with Gasteiger partial charge >= 0.3 is 0 Å². The summed E-state index contributed by atoms with van der Waals surface area (Å²) >= 11 is 6.32. The Morgan fingerprint density at radius 1 is 1.18 bits per heavy atom. The van der Waals surface area contributed by atoms with Gasteiger partial charge in [-0.25, -0.2) is 5.43 Å². The summed E-state index contributed by atoms with van der Waals surface area (Å²) < 4.78 is 11.4. The second kappa shape index (κ2) is 10.8. The van der Waals surface area contributed by atoms with Crippen molar-refractivity contribution in [3.63, 3.8) is 0 Å². The minimum atomic E-state index is -0.701. The number of phenolic OH excluding ortho intramolecular Hbond substituents is 3. The number of aromatic hydroxyl groups is 3. The van der Waals surface area contributed by atoms with Crippen LogP contribution in [0.5, 0.6) is 23.0 Å². The van der Waals surface area contributed by atoms with E-state index >= 15 is 0 Å². The number of hydrogen-bond acceptors (Lipinski definition) is 7. The number of halogens is 1. The lowest BCUT2D eigenvalue weighted by Crippen LogP contribution is -2.17. The van der Waals surface area contributed by atoms with Gasteiger partial charge in [-0.05, 0) is 67.0 Å². The van der Waals surface area contributed by atoms with E-state index in [4.69, 9.17) is 21.1 Å². The van der Waals surface area contributed by atoms with Crippen LogP contribution in [0.25, 0.3) is 0 Å². The first-order valence-electron chi connectivity index (χ1n) is 10.3. The van der Waals surface area contributed by atoms with Crippen molar-refractivity contribution in [1.29, 1.82) is 0 Å². The average Bonchev–Trinajstić information content (AvgIpc) is 2.94. The summed E-state index contributed by atoms with van der Waals surface area (Å²) in [4.78, 5) is 12.2. The fraction of sp³-hybridized carbons (Fsp3) is 0.200. The number of methoxy groups -OCH3 is 1.